The van der Waals surface area contributed by atoms with Gasteiger partial charge in [0.25, 0.3) is 0 Å². The number of anilines is 1. The SMILES string of the molecule is COc1ccc(CSCC(=O)Nc2ccc(F)c(F)c2)cc1. The quantitative estimate of drug-likeness (QED) is 0.877. The third-order valence-corrected chi connectivity index (χ3v) is 3.87. The van der Waals surface area contributed by atoms with Crippen LogP contribution >= 0.6 is 11.8 Å². The minimum Gasteiger partial charge on any atom is -0.497 e. The third-order valence-electron chi connectivity index (χ3n) is 2.86. The van der Waals surface area contributed by atoms with Crippen LogP contribution in [-0.2, 0) is 10.5 Å². The van der Waals surface area contributed by atoms with Gasteiger partial charge in [-0.25, -0.2) is 8.78 Å². The van der Waals surface area contributed by atoms with Gasteiger partial charge in [0.2, 0.25) is 5.91 Å². The highest BCUT2D eigenvalue weighted by atomic mass is 32.2. The third kappa shape index (κ3) is 4.73. The van der Waals surface area contributed by atoms with Crippen LogP contribution in [0.3, 0.4) is 0 Å². The van der Waals surface area contributed by atoms with Crippen molar-refractivity contribution in [2.45, 2.75) is 5.75 Å². The Balaban J connectivity index is 1.78. The second-order valence-corrected chi connectivity index (χ2v) is 5.50. The van der Waals surface area contributed by atoms with Gasteiger partial charge < -0.3 is 10.1 Å². The molecular weight excluding hydrogens is 308 g/mol. The van der Waals surface area contributed by atoms with E-state index in [0.717, 1.165) is 23.4 Å². The summed E-state index contributed by atoms with van der Waals surface area (Å²) in [4.78, 5) is 11.7. The number of carbonyl (C=O) groups excluding carboxylic acids is 1. The maximum absolute atomic E-state index is 13.0. The lowest BCUT2D eigenvalue weighted by Gasteiger charge is -2.06. The summed E-state index contributed by atoms with van der Waals surface area (Å²) in [5, 5.41) is 2.53. The van der Waals surface area contributed by atoms with Gasteiger partial charge in [0.15, 0.2) is 11.6 Å². The van der Waals surface area contributed by atoms with Crippen LogP contribution in [0.2, 0.25) is 0 Å². The maximum Gasteiger partial charge on any atom is 0.234 e. The molecule has 0 atom stereocenters. The average Bonchev–Trinajstić information content (AvgIpc) is 2.51. The number of hydrogen-bond donors (Lipinski definition) is 1. The van der Waals surface area contributed by atoms with Gasteiger partial charge in [0, 0.05) is 17.5 Å². The van der Waals surface area contributed by atoms with E-state index < -0.39 is 11.6 Å². The minimum atomic E-state index is -0.983. The molecule has 1 N–H and O–H groups in total. The van der Waals surface area contributed by atoms with Gasteiger partial charge in [-0.05, 0) is 29.8 Å². The van der Waals surface area contributed by atoms with E-state index in [1.54, 1.807) is 7.11 Å². The van der Waals surface area contributed by atoms with Crippen LogP contribution < -0.4 is 10.1 Å². The van der Waals surface area contributed by atoms with Crippen molar-refractivity contribution in [3.8, 4) is 5.75 Å². The molecule has 0 spiro atoms. The first-order chi connectivity index (χ1) is 10.6. The summed E-state index contributed by atoms with van der Waals surface area (Å²) in [5.74, 6) is -0.495. The van der Waals surface area contributed by atoms with Crippen LogP contribution in [0.1, 0.15) is 5.56 Å². The van der Waals surface area contributed by atoms with E-state index in [-0.39, 0.29) is 17.3 Å². The van der Waals surface area contributed by atoms with E-state index >= 15 is 0 Å². The highest BCUT2D eigenvalue weighted by molar-refractivity contribution is 7.99. The normalized spacial score (nSPS) is 10.3. The molecule has 0 radical (unpaired) electrons. The van der Waals surface area contributed by atoms with Gasteiger partial charge in [0.1, 0.15) is 5.75 Å². The molecule has 0 heterocycles. The number of nitrogens with one attached hydrogen (secondary N) is 1. The summed E-state index contributed by atoms with van der Waals surface area (Å²) in [6.07, 6.45) is 0. The Morgan fingerprint density at radius 1 is 1.14 bits per heavy atom. The molecule has 2 rings (SSSR count). The van der Waals surface area contributed by atoms with E-state index in [4.69, 9.17) is 4.74 Å². The first kappa shape index (κ1) is 16.3. The molecule has 0 fully saturated rings. The molecule has 6 heteroatoms. The van der Waals surface area contributed by atoms with Gasteiger partial charge in [-0.2, -0.15) is 0 Å². The number of hydrogen-bond acceptors (Lipinski definition) is 3. The summed E-state index contributed by atoms with van der Waals surface area (Å²) >= 11 is 1.43. The molecule has 0 aliphatic rings. The molecular formula is C16H15F2NO2S. The lowest BCUT2D eigenvalue weighted by atomic mass is 10.2. The Morgan fingerprint density at radius 3 is 2.50 bits per heavy atom. The lowest BCUT2D eigenvalue weighted by molar-refractivity contribution is -0.113. The molecule has 0 unspecified atom stereocenters. The van der Waals surface area contributed by atoms with Gasteiger partial charge in [-0.1, -0.05) is 12.1 Å². The Labute approximate surface area is 131 Å². The van der Waals surface area contributed by atoms with Crippen LogP contribution in [-0.4, -0.2) is 18.8 Å². The molecule has 1 amide bonds. The predicted molar refractivity (Wildman–Crippen MR) is 84.1 cm³/mol. The summed E-state index contributed by atoms with van der Waals surface area (Å²) in [7, 11) is 1.60. The Hall–Kier alpha value is -2.08. The molecule has 0 aliphatic carbocycles. The molecule has 116 valence electrons. The Kier molecular flexibility index (Phi) is 5.77. The monoisotopic (exact) mass is 323 g/mol. The van der Waals surface area contributed by atoms with Crippen molar-refractivity contribution in [2.24, 2.45) is 0 Å². The lowest BCUT2D eigenvalue weighted by Crippen LogP contribution is -2.14. The smallest absolute Gasteiger partial charge is 0.234 e. The standard InChI is InChI=1S/C16H15F2NO2S/c1-21-13-5-2-11(3-6-13)9-22-10-16(20)19-12-4-7-14(17)15(18)8-12/h2-8H,9-10H2,1H3,(H,19,20). The van der Waals surface area contributed by atoms with Crippen LogP contribution in [0.15, 0.2) is 42.5 Å². The Bertz CT molecular complexity index is 647. The van der Waals surface area contributed by atoms with E-state index in [0.29, 0.717) is 5.75 Å². The molecule has 0 aromatic heterocycles. The zero-order chi connectivity index (χ0) is 15.9. The van der Waals surface area contributed by atoms with E-state index in [2.05, 4.69) is 5.32 Å². The first-order valence-corrected chi connectivity index (χ1v) is 7.69. The molecule has 2 aromatic carbocycles. The van der Waals surface area contributed by atoms with Crippen molar-refractivity contribution in [2.75, 3.05) is 18.2 Å². The molecule has 3 nitrogen and oxygen atoms in total. The van der Waals surface area contributed by atoms with Crippen molar-refractivity contribution in [3.63, 3.8) is 0 Å². The van der Waals surface area contributed by atoms with Gasteiger partial charge in [-0.15, -0.1) is 11.8 Å². The zero-order valence-corrected chi connectivity index (χ0v) is 12.8. The van der Waals surface area contributed by atoms with Crippen LogP contribution in [0.4, 0.5) is 14.5 Å². The summed E-state index contributed by atoms with van der Waals surface area (Å²) in [5.41, 5.74) is 1.32. The van der Waals surface area contributed by atoms with E-state index in [9.17, 15) is 13.6 Å². The summed E-state index contributed by atoms with van der Waals surface area (Å²) < 4.78 is 30.9. The van der Waals surface area contributed by atoms with Crippen molar-refractivity contribution in [1.82, 2.24) is 0 Å². The second kappa shape index (κ2) is 7.79. The number of thioether (sulfide) groups is 1. The van der Waals surface area contributed by atoms with E-state index in [1.165, 1.54) is 17.8 Å². The van der Waals surface area contributed by atoms with Gasteiger partial charge >= 0.3 is 0 Å². The first-order valence-electron chi connectivity index (χ1n) is 6.54. The molecule has 0 aliphatic heterocycles. The number of benzene rings is 2. The van der Waals surface area contributed by atoms with Crippen molar-refractivity contribution < 1.29 is 18.3 Å². The predicted octanol–water partition coefficient (Wildman–Crippen LogP) is 3.85. The fourth-order valence-corrected chi connectivity index (χ4v) is 2.54. The number of amides is 1. The average molecular weight is 323 g/mol. The second-order valence-electron chi connectivity index (χ2n) is 4.52. The number of ether oxygens (including phenoxy) is 1. The van der Waals surface area contributed by atoms with Crippen LogP contribution in [0, 0.1) is 11.6 Å². The number of rotatable bonds is 6. The largest absolute Gasteiger partial charge is 0.497 e. The maximum atomic E-state index is 13.0. The highest BCUT2D eigenvalue weighted by Crippen LogP contribution is 2.17. The number of carbonyl (C=O) groups is 1. The fraction of sp³-hybridized carbons (Fsp3) is 0.188. The molecule has 0 saturated heterocycles. The zero-order valence-electron chi connectivity index (χ0n) is 11.9. The van der Waals surface area contributed by atoms with Crippen LogP contribution in [0.5, 0.6) is 5.75 Å². The van der Waals surface area contributed by atoms with Gasteiger partial charge in [0.05, 0.1) is 12.9 Å². The summed E-state index contributed by atoms with van der Waals surface area (Å²) in [6.45, 7) is 0. The molecule has 0 saturated carbocycles. The van der Waals surface area contributed by atoms with E-state index in [1.807, 2.05) is 24.3 Å². The molecule has 22 heavy (non-hydrogen) atoms. The molecule has 2 aromatic rings. The van der Waals surface area contributed by atoms with Crippen LogP contribution in [0.25, 0.3) is 0 Å². The molecule has 0 bridgehead atoms. The summed E-state index contributed by atoms with van der Waals surface area (Å²) in [6, 6.07) is 10.8. The van der Waals surface area contributed by atoms with Gasteiger partial charge in [-0.3, -0.25) is 4.79 Å². The topological polar surface area (TPSA) is 38.3 Å². The minimum absolute atomic E-state index is 0.227. The Morgan fingerprint density at radius 2 is 1.86 bits per heavy atom. The fourth-order valence-electron chi connectivity index (χ4n) is 1.75. The highest BCUT2D eigenvalue weighted by Gasteiger charge is 2.06. The number of halogens is 2. The van der Waals surface area contributed by atoms with Crippen molar-refractivity contribution in [1.29, 1.82) is 0 Å². The number of methoxy groups -OCH3 is 1. The van der Waals surface area contributed by atoms with Crippen molar-refractivity contribution >= 4 is 23.4 Å². The van der Waals surface area contributed by atoms with Crippen molar-refractivity contribution in [3.05, 3.63) is 59.7 Å².